The molecular formula is C12H17N5OS. The van der Waals surface area contributed by atoms with Crippen LogP contribution in [0.3, 0.4) is 0 Å². The minimum Gasteiger partial charge on any atom is -0.383 e. The molecule has 0 aliphatic carbocycles. The Morgan fingerprint density at radius 2 is 2.37 bits per heavy atom. The summed E-state index contributed by atoms with van der Waals surface area (Å²) in [6, 6.07) is 4.00. The maximum atomic E-state index is 5.01. The third-order valence-corrected chi connectivity index (χ3v) is 3.62. The second-order valence-corrected chi connectivity index (χ2v) is 4.92. The van der Waals surface area contributed by atoms with Crippen LogP contribution in [0.15, 0.2) is 34.8 Å². The van der Waals surface area contributed by atoms with Crippen molar-refractivity contribution in [2.75, 3.05) is 20.3 Å². The van der Waals surface area contributed by atoms with Crippen LogP contribution in [0.4, 0.5) is 0 Å². The Hall–Kier alpha value is -1.44. The SMILES string of the molecule is COCCNCc1cccnc1Sc1nncn1C. The van der Waals surface area contributed by atoms with Gasteiger partial charge in [-0.25, -0.2) is 4.98 Å². The van der Waals surface area contributed by atoms with Crippen molar-refractivity contribution >= 4 is 11.8 Å². The third-order valence-electron chi connectivity index (χ3n) is 2.51. The highest BCUT2D eigenvalue weighted by Crippen LogP contribution is 2.26. The minimum absolute atomic E-state index is 0.700. The van der Waals surface area contributed by atoms with E-state index in [1.54, 1.807) is 19.6 Å². The van der Waals surface area contributed by atoms with Gasteiger partial charge in [-0.2, -0.15) is 0 Å². The molecule has 102 valence electrons. The fourth-order valence-corrected chi connectivity index (χ4v) is 2.34. The number of nitrogens with one attached hydrogen (secondary N) is 1. The van der Waals surface area contributed by atoms with Crippen molar-refractivity contribution in [2.24, 2.45) is 7.05 Å². The van der Waals surface area contributed by atoms with Crippen molar-refractivity contribution in [2.45, 2.75) is 16.7 Å². The molecule has 0 bridgehead atoms. The molecule has 2 heterocycles. The summed E-state index contributed by atoms with van der Waals surface area (Å²) in [6.07, 6.45) is 3.47. The second-order valence-electron chi connectivity index (χ2n) is 3.96. The van der Waals surface area contributed by atoms with Gasteiger partial charge >= 0.3 is 0 Å². The maximum absolute atomic E-state index is 5.01. The lowest BCUT2D eigenvalue weighted by atomic mass is 10.3. The highest BCUT2D eigenvalue weighted by molar-refractivity contribution is 7.99. The molecule has 0 spiro atoms. The molecule has 0 aliphatic rings. The Bertz CT molecular complexity index is 516. The van der Waals surface area contributed by atoms with Crippen LogP contribution in [-0.4, -0.2) is 40.0 Å². The van der Waals surface area contributed by atoms with E-state index < -0.39 is 0 Å². The van der Waals surface area contributed by atoms with Crippen LogP contribution in [0.25, 0.3) is 0 Å². The summed E-state index contributed by atoms with van der Waals surface area (Å²) in [4.78, 5) is 4.40. The maximum Gasteiger partial charge on any atom is 0.197 e. The Balaban J connectivity index is 2.02. The van der Waals surface area contributed by atoms with Crippen LogP contribution in [0, 0.1) is 0 Å². The molecular weight excluding hydrogens is 262 g/mol. The van der Waals surface area contributed by atoms with E-state index in [0.29, 0.717) is 6.61 Å². The van der Waals surface area contributed by atoms with Gasteiger partial charge in [0.15, 0.2) is 5.16 Å². The molecule has 19 heavy (non-hydrogen) atoms. The van der Waals surface area contributed by atoms with Crippen molar-refractivity contribution in [1.29, 1.82) is 0 Å². The highest BCUT2D eigenvalue weighted by atomic mass is 32.2. The molecule has 0 saturated heterocycles. The van der Waals surface area contributed by atoms with Crippen LogP contribution in [0.1, 0.15) is 5.56 Å². The van der Waals surface area contributed by atoms with E-state index in [2.05, 4.69) is 26.6 Å². The summed E-state index contributed by atoms with van der Waals surface area (Å²) >= 11 is 1.52. The standard InChI is InChI=1S/C12H17N5OS/c1-17-9-15-16-12(17)19-11-10(4-3-5-14-11)8-13-6-7-18-2/h3-5,9,13H,6-8H2,1-2H3. The van der Waals surface area contributed by atoms with Gasteiger partial charge in [0.1, 0.15) is 11.4 Å². The molecule has 7 heteroatoms. The van der Waals surface area contributed by atoms with Crippen molar-refractivity contribution in [3.8, 4) is 0 Å². The van der Waals surface area contributed by atoms with E-state index in [-0.39, 0.29) is 0 Å². The van der Waals surface area contributed by atoms with Gasteiger partial charge in [-0.3, -0.25) is 0 Å². The Kier molecular flexibility index (Phi) is 5.31. The first-order chi connectivity index (χ1) is 9.31. The first-order valence-corrected chi connectivity index (χ1v) is 6.78. The Labute approximate surface area is 116 Å². The van der Waals surface area contributed by atoms with Gasteiger partial charge in [0, 0.05) is 33.4 Å². The lowest BCUT2D eigenvalue weighted by Gasteiger charge is -2.08. The summed E-state index contributed by atoms with van der Waals surface area (Å²) in [7, 11) is 3.61. The second kappa shape index (κ2) is 7.22. The average molecular weight is 279 g/mol. The zero-order valence-corrected chi connectivity index (χ0v) is 11.9. The van der Waals surface area contributed by atoms with E-state index >= 15 is 0 Å². The van der Waals surface area contributed by atoms with E-state index in [0.717, 1.165) is 28.8 Å². The van der Waals surface area contributed by atoms with E-state index in [1.165, 1.54) is 11.8 Å². The molecule has 0 unspecified atom stereocenters. The minimum atomic E-state index is 0.700. The Morgan fingerprint density at radius 1 is 1.47 bits per heavy atom. The molecule has 6 nitrogen and oxygen atoms in total. The lowest BCUT2D eigenvalue weighted by molar-refractivity contribution is 0.199. The molecule has 0 amide bonds. The Morgan fingerprint density at radius 3 is 3.11 bits per heavy atom. The van der Waals surface area contributed by atoms with Crippen LogP contribution in [0.5, 0.6) is 0 Å². The number of methoxy groups -OCH3 is 1. The fraction of sp³-hybridized carbons (Fsp3) is 0.417. The number of aromatic nitrogens is 4. The molecule has 0 aliphatic heterocycles. The van der Waals surface area contributed by atoms with Crippen LogP contribution in [0.2, 0.25) is 0 Å². The van der Waals surface area contributed by atoms with Gasteiger partial charge in [0.2, 0.25) is 0 Å². The van der Waals surface area contributed by atoms with Crippen molar-refractivity contribution in [1.82, 2.24) is 25.1 Å². The molecule has 0 atom stereocenters. The zero-order valence-electron chi connectivity index (χ0n) is 11.0. The van der Waals surface area contributed by atoms with Crippen molar-refractivity contribution in [3.63, 3.8) is 0 Å². The van der Waals surface area contributed by atoms with Crippen LogP contribution in [-0.2, 0) is 18.3 Å². The van der Waals surface area contributed by atoms with Gasteiger partial charge in [-0.1, -0.05) is 6.07 Å². The van der Waals surface area contributed by atoms with Crippen molar-refractivity contribution < 1.29 is 4.74 Å². The first-order valence-electron chi connectivity index (χ1n) is 5.96. The molecule has 2 rings (SSSR count). The highest BCUT2D eigenvalue weighted by Gasteiger charge is 2.09. The van der Waals surface area contributed by atoms with Gasteiger partial charge in [-0.05, 0) is 23.4 Å². The molecule has 0 aromatic carbocycles. The largest absolute Gasteiger partial charge is 0.383 e. The molecule has 1 N–H and O–H groups in total. The van der Waals surface area contributed by atoms with Crippen LogP contribution >= 0.6 is 11.8 Å². The number of nitrogens with zero attached hydrogens (tertiary/aromatic N) is 4. The van der Waals surface area contributed by atoms with Crippen molar-refractivity contribution in [3.05, 3.63) is 30.2 Å². The van der Waals surface area contributed by atoms with Gasteiger partial charge in [0.05, 0.1) is 6.61 Å². The predicted molar refractivity (Wildman–Crippen MR) is 72.9 cm³/mol. The summed E-state index contributed by atoms with van der Waals surface area (Å²) in [5, 5.41) is 13.0. The number of pyridine rings is 1. The number of hydrogen-bond donors (Lipinski definition) is 1. The zero-order chi connectivity index (χ0) is 13.5. The smallest absolute Gasteiger partial charge is 0.197 e. The number of rotatable bonds is 7. The van der Waals surface area contributed by atoms with E-state index in [9.17, 15) is 0 Å². The summed E-state index contributed by atoms with van der Waals surface area (Å²) in [5.74, 6) is 0. The fourth-order valence-electron chi connectivity index (χ4n) is 1.50. The molecule has 2 aromatic rings. The summed E-state index contributed by atoms with van der Waals surface area (Å²) < 4.78 is 6.88. The number of aryl methyl sites for hydroxylation is 1. The summed E-state index contributed by atoms with van der Waals surface area (Å²) in [6.45, 7) is 2.28. The summed E-state index contributed by atoms with van der Waals surface area (Å²) in [5.41, 5.74) is 1.15. The third kappa shape index (κ3) is 4.02. The molecule has 0 fully saturated rings. The normalized spacial score (nSPS) is 10.8. The monoisotopic (exact) mass is 279 g/mol. The van der Waals surface area contributed by atoms with E-state index in [4.69, 9.17) is 4.74 Å². The van der Waals surface area contributed by atoms with Gasteiger partial charge in [0.25, 0.3) is 0 Å². The van der Waals surface area contributed by atoms with E-state index in [1.807, 2.05) is 17.7 Å². The molecule has 2 aromatic heterocycles. The van der Waals surface area contributed by atoms with Crippen LogP contribution < -0.4 is 5.32 Å². The number of hydrogen-bond acceptors (Lipinski definition) is 6. The van der Waals surface area contributed by atoms with Gasteiger partial charge in [-0.15, -0.1) is 10.2 Å². The first kappa shape index (κ1) is 14.0. The lowest BCUT2D eigenvalue weighted by Crippen LogP contribution is -2.19. The molecule has 0 saturated carbocycles. The molecule has 0 radical (unpaired) electrons. The number of ether oxygens (including phenoxy) is 1. The quantitative estimate of drug-likeness (QED) is 0.766. The topological polar surface area (TPSA) is 64.9 Å². The van der Waals surface area contributed by atoms with Gasteiger partial charge < -0.3 is 14.6 Å². The average Bonchev–Trinajstić information content (AvgIpc) is 2.82. The predicted octanol–water partition coefficient (Wildman–Crippen LogP) is 1.10.